The Balaban J connectivity index is 1.34. The Morgan fingerprint density at radius 2 is 2.00 bits per heavy atom. The van der Waals surface area contributed by atoms with Gasteiger partial charge in [0, 0.05) is 37.3 Å². The molecule has 0 saturated carbocycles. The molecule has 1 saturated heterocycles. The van der Waals surface area contributed by atoms with Gasteiger partial charge in [-0.3, -0.25) is 9.48 Å². The van der Waals surface area contributed by atoms with Crippen LogP contribution >= 0.6 is 11.3 Å². The molecule has 0 aromatic carbocycles. The molecule has 3 aromatic rings. The Hall–Kier alpha value is -2.48. The first-order valence-electron chi connectivity index (χ1n) is 10.4. The summed E-state index contributed by atoms with van der Waals surface area (Å²) >= 11 is 1.86. The molecule has 1 amide bonds. The van der Waals surface area contributed by atoms with Crippen LogP contribution in [0.2, 0.25) is 0 Å². The second-order valence-corrected chi connectivity index (χ2v) is 9.21. The van der Waals surface area contributed by atoms with Crippen LogP contribution in [0.15, 0.2) is 12.4 Å². The first-order chi connectivity index (χ1) is 14.1. The normalized spacial score (nSPS) is 17.5. The molecule has 0 atom stereocenters. The average Bonchev–Trinajstić information content (AvgIpc) is 3.31. The highest BCUT2D eigenvalue weighted by molar-refractivity contribution is 7.19. The van der Waals surface area contributed by atoms with Crippen molar-refractivity contribution in [3.8, 4) is 0 Å². The third kappa shape index (κ3) is 3.50. The first kappa shape index (κ1) is 18.5. The number of fused-ring (bicyclic) bond motifs is 3. The zero-order chi connectivity index (χ0) is 20.0. The SMILES string of the molecule is Cc1nc(N2CCC(NC(=O)c3cnn(C)c3)CC2)c2c3c(sc2n1)CCCC3. The van der Waals surface area contributed by atoms with E-state index in [0.29, 0.717) is 5.56 Å². The third-order valence-electron chi connectivity index (χ3n) is 6.00. The smallest absolute Gasteiger partial charge is 0.254 e. The molecule has 29 heavy (non-hydrogen) atoms. The number of anilines is 1. The lowest BCUT2D eigenvalue weighted by Gasteiger charge is -2.33. The molecule has 8 heteroatoms. The zero-order valence-electron chi connectivity index (χ0n) is 16.9. The van der Waals surface area contributed by atoms with Crippen LogP contribution in [-0.2, 0) is 19.9 Å². The van der Waals surface area contributed by atoms with Gasteiger partial charge in [-0.2, -0.15) is 5.10 Å². The quantitative estimate of drug-likeness (QED) is 0.718. The van der Waals surface area contributed by atoms with Gasteiger partial charge in [-0.15, -0.1) is 11.3 Å². The highest BCUT2D eigenvalue weighted by Gasteiger charge is 2.27. The van der Waals surface area contributed by atoms with E-state index in [-0.39, 0.29) is 11.9 Å². The lowest BCUT2D eigenvalue weighted by atomic mass is 9.96. The summed E-state index contributed by atoms with van der Waals surface area (Å²) in [4.78, 5) is 27.1. The number of carbonyl (C=O) groups excluding carboxylic acids is 1. The van der Waals surface area contributed by atoms with Crippen molar-refractivity contribution in [1.29, 1.82) is 0 Å². The van der Waals surface area contributed by atoms with Crippen molar-refractivity contribution in [2.75, 3.05) is 18.0 Å². The minimum atomic E-state index is -0.0382. The second kappa shape index (κ2) is 7.40. The van der Waals surface area contributed by atoms with Crippen LogP contribution in [0.4, 0.5) is 5.82 Å². The van der Waals surface area contributed by atoms with E-state index in [4.69, 9.17) is 9.97 Å². The fourth-order valence-corrected chi connectivity index (χ4v) is 5.82. The third-order valence-corrected chi connectivity index (χ3v) is 7.19. The van der Waals surface area contributed by atoms with Gasteiger partial charge in [-0.1, -0.05) is 0 Å². The van der Waals surface area contributed by atoms with Gasteiger partial charge in [0.15, 0.2) is 0 Å². The molecular weight excluding hydrogens is 384 g/mol. The molecule has 0 spiro atoms. The van der Waals surface area contributed by atoms with Crippen molar-refractivity contribution in [1.82, 2.24) is 25.1 Å². The molecule has 2 aliphatic rings. The molecule has 3 aromatic heterocycles. The van der Waals surface area contributed by atoms with Crippen molar-refractivity contribution in [2.45, 2.75) is 51.5 Å². The maximum Gasteiger partial charge on any atom is 0.254 e. The van der Waals surface area contributed by atoms with Crippen molar-refractivity contribution in [3.63, 3.8) is 0 Å². The number of rotatable bonds is 3. The number of amides is 1. The summed E-state index contributed by atoms with van der Waals surface area (Å²) in [7, 11) is 1.82. The van der Waals surface area contributed by atoms with E-state index in [0.717, 1.165) is 48.8 Å². The molecule has 152 valence electrons. The summed E-state index contributed by atoms with van der Waals surface area (Å²) in [6.07, 6.45) is 10.1. The van der Waals surface area contributed by atoms with E-state index in [1.165, 1.54) is 35.1 Å². The lowest BCUT2D eigenvalue weighted by molar-refractivity contribution is 0.0931. The van der Waals surface area contributed by atoms with Crippen LogP contribution in [0, 0.1) is 6.92 Å². The van der Waals surface area contributed by atoms with Crippen molar-refractivity contribution in [2.24, 2.45) is 7.05 Å². The number of hydrogen-bond donors (Lipinski definition) is 1. The number of aryl methyl sites for hydroxylation is 4. The number of thiophene rings is 1. The maximum absolute atomic E-state index is 12.4. The van der Waals surface area contributed by atoms with Crippen molar-refractivity contribution in [3.05, 3.63) is 34.2 Å². The molecule has 0 bridgehead atoms. The van der Waals surface area contributed by atoms with Crippen LogP contribution in [-0.4, -0.2) is 44.8 Å². The Kier molecular flexibility index (Phi) is 4.73. The van der Waals surface area contributed by atoms with Crippen molar-refractivity contribution >= 4 is 33.3 Å². The fourth-order valence-electron chi connectivity index (χ4n) is 4.51. The number of piperidine rings is 1. The largest absolute Gasteiger partial charge is 0.356 e. The van der Waals surface area contributed by atoms with Gasteiger partial charge in [-0.05, 0) is 51.0 Å². The van der Waals surface area contributed by atoms with E-state index in [1.54, 1.807) is 17.1 Å². The number of carbonyl (C=O) groups is 1. The first-order valence-corrected chi connectivity index (χ1v) is 11.2. The van der Waals surface area contributed by atoms with Crippen LogP contribution in [0.5, 0.6) is 0 Å². The number of aromatic nitrogens is 4. The maximum atomic E-state index is 12.4. The van der Waals surface area contributed by atoms with Gasteiger partial charge >= 0.3 is 0 Å². The van der Waals surface area contributed by atoms with E-state index in [9.17, 15) is 4.79 Å². The topological polar surface area (TPSA) is 75.9 Å². The van der Waals surface area contributed by atoms with Gasteiger partial charge in [0.1, 0.15) is 16.5 Å². The highest BCUT2D eigenvalue weighted by atomic mass is 32.1. The molecule has 5 rings (SSSR count). The number of hydrogen-bond acceptors (Lipinski definition) is 6. The predicted molar refractivity (Wildman–Crippen MR) is 115 cm³/mol. The molecule has 7 nitrogen and oxygen atoms in total. The summed E-state index contributed by atoms with van der Waals surface area (Å²) < 4.78 is 1.65. The van der Waals surface area contributed by atoms with Gasteiger partial charge in [0.2, 0.25) is 0 Å². The lowest BCUT2D eigenvalue weighted by Crippen LogP contribution is -2.45. The molecule has 1 aliphatic carbocycles. The summed E-state index contributed by atoms with van der Waals surface area (Å²) in [6.45, 7) is 3.78. The Morgan fingerprint density at radius 1 is 1.21 bits per heavy atom. The predicted octanol–water partition coefficient (Wildman–Crippen LogP) is 3.01. The summed E-state index contributed by atoms with van der Waals surface area (Å²) in [5.41, 5.74) is 2.10. The van der Waals surface area contributed by atoms with Crippen LogP contribution in [0.1, 0.15) is 52.3 Å². The molecule has 1 fully saturated rings. The van der Waals surface area contributed by atoms with Crippen molar-refractivity contribution < 1.29 is 4.79 Å². The number of nitrogens with one attached hydrogen (secondary N) is 1. The van der Waals surface area contributed by atoms with E-state index in [1.807, 2.05) is 25.3 Å². The van der Waals surface area contributed by atoms with Crippen LogP contribution < -0.4 is 10.2 Å². The second-order valence-electron chi connectivity index (χ2n) is 8.12. The minimum absolute atomic E-state index is 0.0382. The molecule has 4 heterocycles. The number of nitrogens with zero attached hydrogens (tertiary/aromatic N) is 5. The molecule has 1 aliphatic heterocycles. The standard InChI is InChI=1S/C21H26N6OS/c1-13-23-19(18-16-5-3-4-6-17(16)29-21(18)24-13)27-9-7-15(8-10-27)25-20(28)14-11-22-26(2)12-14/h11-12,15H,3-10H2,1-2H3,(H,25,28). The average molecular weight is 411 g/mol. The van der Waals surface area contributed by atoms with Gasteiger partial charge in [-0.25, -0.2) is 9.97 Å². The summed E-state index contributed by atoms with van der Waals surface area (Å²) in [6, 6.07) is 0.189. The van der Waals surface area contributed by atoms with E-state index in [2.05, 4.69) is 15.3 Å². The Morgan fingerprint density at radius 3 is 2.76 bits per heavy atom. The van der Waals surface area contributed by atoms with E-state index >= 15 is 0 Å². The van der Waals surface area contributed by atoms with E-state index < -0.39 is 0 Å². The molecule has 0 radical (unpaired) electrons. The summed E-state index contributed by atoms with van der Waals surface area (Å²) in [5.74, 6) is 1.91. The Bertz CT molecular complexity index is 1060. The molecule has 0 unspecified atom stereocenters. The fraction of sp³-hybridized carbons (Fsp3) is 0.524. The molecular formula is C21H26N6OS. The minimum Gasteiger partial charge on any atom is -0.356 e. The zero-order valence-corrected chi connectivity index (χ0v) is 17.8. The van der Waals surface area contributed by atoms with Gasteiger partial charge < -0.3 is 10.2 Å². The van der Waals surface area contributed by atoms with Gasteiger partial charge in [0.05, 0.1) is 17.1 Å². The summed E-state index contributed by atoms with van der Waals surface area (Å²) in [5, 5.41) is 8.53. The molecule has 1 N–H and O–H groups in total. The van der Waals surface area contributed by atoms with Gasteiger partial charge in [0.25, 0.3) is 5.91 Å². The highest BCUT2D eigenvalue weighted by Crippen LogP contribution is 2.40. The van der Waals surface area contributed by atoms with Crippen LogP contribution in [0.3, 0.4) is 0 Å². The monoisotopic (exact) mass is 410 g/mol. The van der Waals surface area contributed by atoms with Crippen LogP contribution in [0.25, 0.3) is 10.2 Å². The Labute approximate surface area is 174 Å².